The van der Waals surface area contributed by atoms with Crippen LogP contribution in [0.5, 0.6) is 0 Å². The van der Waals surface area contributed by atoms with E-state index in [2.05, 4.69) is 4.99 Å². The van der Waals surface area contributed by atoms with Crippen LogP contribution in [0.25, 0.3) is 0 Å². The zero-order chi connectivity index (χ0) is 11.3. The second-order valence-electron chi connectivity index (χ2n) is 3.57. The van der Waals surface area contributed by atoms with Gasteiger partial charge in [-0.05, 0) is 25.7 Å². The van der Waals surface area contributed by atoms with E-state index in [4.69, 9.17) is 0 Å². The van der Waals surface area contributed by atoms with Crippen molar-refractivity contribution < 1.29 is 9.18 Å². The standard InChI is InChI=1S/C11H13FN2O/c1-14(2)7-10-4-3-9(5-11(10)12)6-13-8-15/h3-5H,6-7H2,1-2H3. The molecule has 80 valence electrons. The Kier molecular flexibility index (Phi) is 4.16. The largest absolute Gasteiger partial charge is 0.305 e. The molecular weight excluding hydrogens is 195 g/mol. The van der Waals surface area contributed by atoms with Gasteiger partial charge in [0.1, 0.15) is 5.82 Å². The van der Waals surface area contributed by atoms with Crippen LogP contribution in [0.4, 0.5) is 4.39 Å². The fourth-order valence-corrected chi connectivity index (χ4v) is 1.28. The van der Waals surface area contributed by atoms with Gasteiger partial charge in [0.15, 0.2) is 0 Å². The van der Waals surface area contributed by atoms with Crippen molar-refractivity contribution in [3.63, 3.8) is 0 Å². The van der Waals surface area contributed by atoms with Crippen LogP contribution in [-0.2, 0) is 17.9 Å². The Labute approximate surface area is 88.2 Å². The number of nitrogens with zero attached hydrogens (tertiary/aromatic N) is 2. The van der Waals surface area contributed by atoms with Gasteiger partial charge >= 0.3 is 0 Å². The summed E-state index contributed by atoms with van der Waals surface area (Å²) in [5, 5.41) is 0. The zero-order valence-corrected chi connectivity index (χ0v) is 8.83. The highest BCUT2D eigenvalue weighted by molar-refractivity contribution is 5.34. The first-order valence-electron chi connectivity index (χ1n) is 4.59. The molecule has 1 aromatic carbocycles. The molecule has 0 amide bonds. The van der Waals surface area contributed by atoms with E-state index in [9.17, 15) is 9.18 Å². The molecule has 0 fully saturated rings. The average molecular weight is 208 g/mol. The molecule has 0 aliphatic carbocycles. The molecule has 1 aromatic rings. The molecular formula is C11H13FN2O. The molecule has 4 heteroatoms. The summed E-state index contributed by atoms with van der Waals surface area (Å²) in [6.45, 7) is 0.742. The maximum atomic E-state index is 13.5. The van der Waals surface area contributed by atoms with Crippen LogP contribution in [0.3, 0.4) is 0 Å². The van der Waals surface area contributed by atoms with Crippen molar-refractivity contribution in [2.75, 3.05) is 14.1 Å². The summed E-state index contributed by atoms with van der Waals surface area (Å²) < 4.78 is 13.5. The molecule has 3 nitrogen and oxygen atoms in total. The van der Waals surface area contributed by atoms with Gasteiger partial charge in [-0.25, -0.2) is 14.2 Å². The van der Waals surface area contributed by atoms with E-state index in [1.165, 1.54) is 12.1 Å². The number of hydrogen-bond donors (Lipinski definition) is 0. The fraction of sp³-hybridized carbons (Fsp3) is 0.364. The second-order valence-corrected chi connectivity index (χ2v) is 3.57. The summed E-state index contributed by atoms with van der Waals surface area (Å²) in [5.74, 6) is -0.262. The van der Waals surface area contributed by atoms with Gasteiger partial charge in [-0.2, -0.15) is 0 Å². The van der Waals surface area contributed by atoms with E-state index in [1.54, 1.807) is 12.1 Å². The average Bonchev–Trinajstić information content (AvgIpc) is 2.18. The van der Waals surface area contributed by atoms with E-state index in [-0.39, 0.29) is 12.4 Å². The number of halogens is 1. The van der Waals surface area contributed by atoms with E-state index in [0.29, 0.717) is 17.7 Å². The Morgan fingerprint density at radius 1 is 1.47 bits per heavy atom. The first kappa shape index (κ1) is 11.6. The van der Waals surface area contributed by atoms with Crippen LogP contribution < -0.4 is 0 Å². The summed E-state index contributed by atoms with van der Waals surface area (Å²) >= 11 is 0. The van der Waals surface area contributed by atoms with E-state index < -0.39 is 0 Å². The molecule has 0 aromatic heterocycles. The number of carbonyl (C=O) groups excluding carboxylic acids is 1. The highest BCUT2D eigenvalue weighted by Crippen LogP contribution is 2.12. The van der Waals surface area contributed by atoms with Crippen molar-refractivity contribution in [3.05, 3.63) is 35.1 Å². The van der Waals surface area contributed by atoms with Crippen molar-refractivity contribution in [1.29, 1.82) is 0 Å². The van der Waals surface area contributed by atoms with Crippen molar-refractivity contribution in [3.8, 4) is 0 Å². The summed E-state index contributed by atoms with van der Waals surface area (Å²) in [4.78, 5) is 15.2. The maximum absolute atomic E-state index is 13.5. The third-order valence-corrected chi connectivity index (χ3v) is 1.93. The fourth-order valence-electron chi connectivity index (χ4n) is 1.28. The van der Waals surface area contributed by atoms with Gasteiger partial charge < -0.3 is 4.90 Å². The zero-order valence-electron chi connectivity index (χ0n) is 8.83. The van der Waals surface area contributed by atoms with Crippen LogP contribution in [-0.4, -0.2) is 25.1 Å². The monoisotopic (exact) mass is 208 g/mol. The molecule has 0 heterocycles. The molecule has 0 saturated carbocycles. The van der Waals surface area contributed by atoms with Crippen LogP contribution in [0.15, 0.2) is 23.2 Å². The minimum atomic E-state index is -0.262. The first-order chi connectivity index (χ1) is 7.13. The maximum Gasteiger partial charge on any atom is 0.235 e. The lowest BCUT2D eigenvalue weighted by Gasteiger charge is -2.10. The normalized spacial score (nSPS) is 10.1. The lowest BCUT2D eigenvalue weighted by molar-refractivity contribution is 0.392. The van der Waals surface area contributed by atoms with Crippen LogP contribution >= 0.6 is 0 Å². The van der Waals surface area contributed by atoms with Crippen LogP contribution in [0.2, 0.25) is 0 Å². The van der Waals surface area contributed by atoms with E-state index in [0.717, 1.165) is 0 Å². The quantitative estimate of drug-likeness (QED) is 0.557. The third-order valence-electron chi connectivity index (χ3n) is 1.93. The Morgan fingerprint density at radius 2 is 2.20 bits per heavy atom. The Morgan fingerprint density at radius 3 is 2.73 bits per heavy atom. The molecule has 0 aliphatic rings. The van der Waals surface area contributed by atoms with E-state index >= 15 is 0 Å². The minimum absolute atomic E-state index is 0.183. The summed E-state index contributed by atoms with van der Waals surface area (Å²) in [6, 6.07) is 4.88. The van der Waals surface area contributed by atoms with Crippen LogP contribution in [0, 0.1) is 5.82 Å². The Hall–Kier alpha value is -1.51. The van der Waals surface area contributed by atoms with Gasteiger partial charge in [0, 0.05) is 12.1 Å². The number of aliphatic imine (C=N–C) groups is 1. The molecule has 0 atom stereocenters. The molecule has 1 rings (SSSR count). The van der Waals surface area contributed by atoms with E-state index in [1.807, 2.05) is 19.0 Å². The smallest absolute Gasteiger partial charge is 0.235 e. The van der Waals surface area contributed by atoms with Gasteiger partial charge in [-0.3, -0.25) is 0 Å². The molecule has 0 radical (unpaired) electrons. The summed E-state index contributed by atoms with van der Waals surface area (Å²) in [6.07, 6.45) is 1.43. The molecule has 0 spiro atoms. The van der Waals surface area contributed by atoms with Crippen LogP contribution in [0.1, 0.15) is 11.1 Å². The molecule has 15 heavy (non-hydrogen) atoms. The van der Waals surface area contributed by atoms with Gasteiger partial charge in [0.05, 0.1) is 6.54 Å². The van der Waals surface area contributed by atoms with Gasteiger partial charge in [-0.1, -0.05) is 12.1 Å². The van der Waals surface area contributed by atoms with Gasteiger partial charge in [0.2, 0.25) is 6.08 Å². The topological polar surface area (TPSA) is 32.7 Å². The van der Waals surface area contributed by atoms with Gasteiger partial charge in [-0.15, -0.1) is 0 Å². The summed E-state index contributed by atoms with van der Waals surface area (Å²) in [7, 11) is 3.76. The highest BCUT2D eigenvalue weighted by atomic mass is 19.1. The third kappa shape index (κ3) is 3.62. The minimum Gasteiger partial charge on any atom is -0.305 e. The van der Waals surface area contributed by atoms with Crippen molar-refractivity contribution >= 4 is 6.08 Å². The predicted molar refractivity (Wildman–Crippen MR) is 55.6 cm³/mol. The SMILES string of the molecule is CN(C)Cc1ccc(CN=C=O)cc1F. The molecule has 0 bridgehead atoms. The molecule has 0 N–H and O–H groups in total. The van der Waals surface area contributed by atoms with Crippen molar-refractivity contribution in [2.45, 2.75) is 13.1 Å². The number of benzene rings is 1. The number of rotatable bonds is 4. The Bertz CT molecular complexity index is 384. The highest BCUT2D eigenvalue weighted by Gasteiger charge is 2.04. The predicted octanol–water partition coefficient (Wildman–Crippen LogP) is 1.72. The number of hydrogen-bond acceptors (Lipinski definition) is 3. The molecule has 0 saturated heterocycles. The lowest BCUT2D eigenvalue weighted by Crippen LogP contribution is -2.12. The van der Waals surface area contributed by atoms with Crippen molar-refractivity contribution in [2.24, 2.45) is 4.99 Å². The Balaban J connectivity index is 2.82. The molecule has 0 unspecified atom stereocenters. The lowest BCUT2D eigenvalue weighted by atomic mass is 10.1. The van der Waals surface area contributed by atoms with Crippen molar-refractivity contribution in [1.82, 2.24) is 4.90 Å². The molecule has 0 aliphatic heterocycles. The van der Waals surface area contributed by atoms with Gasteiger partial charge in [0.25, 0.3) is 0 Å². The summed E-state index contributed by atoms with van der Waals surface area (Å²) in [5.41, 5.74) is 1.32. The second kappa shape index (κ2) is 5.39. The first-order valence-corrected chi connectivity index (χ1v) is 4.59. The number of isocyanates is 1.